The van der Waals surface area contributed by atoms with E-state index in [1.54, 1.807) is 0 Å². The molecule has 1 unspecified atom stereocenters. The molecule has 1 aliphatic rings. The maximum atomic E-state index is 10.4. The van der Waals surface area contributed by atoms with E-state index in [0.29, 0.717) is 6.04 Å². The van der Waals surface area contributed by atoms with E-state index >= 15 is 0 Å². The summed E-state index contributed by atoms with van der Waals surface area (Å²) in [5.41, 5.74) is 2.24. The van der Waals surface area contributed by atoms with Crippen molar-refractivity contribution in [3.63, 3.8) is 0 Å². The highest BCUT2D eigenvalue weighted by atomic mass is 16.3. The van der Waals surface area contributed by atoms with Gasteiger partial charge in [0.25, 0.3) is 0 Å². The second-order valence-corrected chi connectivity index (χ2v) is 5.98. The van der Waals surface area contributed by atoms with Gasteiger partial charge in [-0.1, -0.05) is 31.2 Å². The smallest absolute Gasteiger partial charge is 0.0919 e. The summed E-state index contributed by atoms with van der Waals surface area (Å²) in [6, 6.07) is 8.74. The molecule has 3 heteroatoms. The van der Waals surface area contributed by atoms with Crippen molar-refractivity contribution in [2.45, 2.75) is 38.8 Å². The van der Waals surface area contributed by atoms with Crippen molar-refractivity contribution in [1.29, 1.82) is 0 Å². The fourth-order valence-corrected chi connectivity index (χ4v) is 3.16. The number of aliphatic hydroxyl groups is 1. The summed E-state index contributed by atoms with van der Waals surface area (Å²) in [6.07, 6.45) is 2.04. The van der Waals surface area contributed by atoms with Crippen LogP contribution in [0, 0.1) is 6.92 Å². The monoisotopic (exact) mass is 276 g/mol. The highest BCUT2D eigenvalue weighted by Gasteiger charge is 2.23. The van der Waals surface area contributed by atoms with Gasteiger partial charge in [-0.25, -0.2) is 0 Å². The Morgan fingerprint density at radius 3 is 2.55 bits per heavy atom. The normalized spacial score (nSPS) is 19.4. The zero-order valence-corrected chi connectivity index (χ0v) is 13.0. The van der Waals surface area contributed by atoms with Gasteiger partial charge < -0.3 is 14.9 Å². The second-order valence-electron chi connectivity index (χ2n) is 5.98. The van der Waals surface area contributed by atoms with Crippen LogP contribution in [0.4, 0.5) is 0 Å². The zero-order valence-electron chi connectivity index (χ0n) is 13.0. The summed E-state index contributed by atoms with van der Waals surface area (Å²) in [6.45, 7) is 8.55. The minimum Gasteiger partial charge on any atom is -0.387 e. The molecule has 3 nitrogen and oxygen atoms in total. The molecule has 0 aromatic heterocycles. The van der Waals surface area contributed by atoms with Crippen LogP contribution in [0.15, 0.2) is 24.3 Å². The molecule has 1 N–H and O–H groups in total. The van der Waals surface area contributed by atoms with Crippen LogP contribution in [0.2, 0.25) is 0 Å². The molecule has 0 aliphatic carbocycles. The average molecular weight is 276 g/mol. The Bertz CT molecular complexity index is 413. The predicted molar refractivity (Wildman–Crippen MR) is 83.9 cm³/mol. The topological polar surface area (TPSA) is 26.7 Å². The van der Waals surface area contributed by atoms with Gasteiger partial charge in [0.15, 0.2) is 0 Å². The van der Waals surface area contributed by atoms with E-state index in [-0.39, 0.29) is 6.10 Å². The number of nitrogens with zero attached hydrogens (tertiary/aromatic N) is 2. The van der Waals surface area contributed by atoms with Crippen molar-refractivity contribution in [2.24, 2.45) is 0 Å². The van der Waals surface area contributed by atoms with Crippen LogP contribution in [0.1, 0.15) is 37.0 Å². The summed E-state index contributed by atoms with van der Waals surface area (Å²) in [4.78, 5) is 4.84. The van der Waals surface area contributed by atoms with E-state index in [0.717, 1.165) is 18.7 Å². The standard InChI is InChI=1S/C17H28N2O/c1-4-19-11-9-15(10-12-19)18(3)13-17(20)16-8-6-5-7-14(16)2/h5-8,15,17,20H,4,9-13H2,1-3H3. The Morgan fingerprint density at radius 1 is 1.30 bits per heavy atom. The van der Waals surface area contributed by atoms with Crippen LogP contribution in [0.5, 0.6) is 0 Å². The van der Waals surface area contributed by atoms with Gasteiger partial charge in [-0.05, 0) is 57.6 Å². The summed E-state index contributed by atoms with van der Waals surface area (Å²) in [5, 5.41) is 10.4. The predicted octanol–water partition coefficient (Wildman–Crippen LogP) is 2.44. The SMILES string of the molecule is CCN1CCC(N(C)CC(O)c2ccccc2C)CC1. The summed E-state index contributed by atoms with van der Waals surface area (Å²) in [5.74, 6) is 0. The van der Waals surface area contributed by atoms with Crippen LogP contribution >= 0.6 is 0 Å². The fraction of sp³-hybridized carbons (Fsp3) is 0.647. The molecule has 0 spiro atoms. The zero-order chi connectivity index (χ0) is 14.5. The highest BCUT2D eigenvalue weighted by Crippen LogP contribution is 2.21. The first-order valence-electron chi connectivity index (χ1n) is 7.78. The van der Waals surface area contributed by atoms with Crippen molar-refractivity contribution in [2.75, 3.05) is 33.2 Å². The molecule has 2 rings (SSSR count). The number of aliphatic hydroxyl groups excluding tert-OH is 1. The van der Waals surface area contributed by atoms with Gasteiger partial charge in [0.05, 0.1) is 6.10 Å². The largest absolute Gasteiger partial charge is 0.387 e. The van der Waals surface area contributed by atoms with Crippen LogP contribution in [-0.4, -0.2) is 54.2 Å². The molecular formula is C17H28N2O. The Balaban J connectivity index is 1.88. The Hall–Kier alpha value is -0.900. The third kappa shape index (κ3) is 3.81. The Kier molecular flexibility index (Phi) is 5.58. The van der Waals surface area contributed by atoms with Gasteiger partial charge in [0, 0.05) is 12.6 Å². The quantitative estimate of drug-likeness (QED) is 0.895. The molecule has 0 radical (unpaired) electrons. The van der Waals surface area contributed by atoms with Gasteiger partial charge in [-0.15, -0.1) is 0 Å². The molecular weight excluding hydrogens is 248 g/mol. The lowest BCUT2D eigenvalue weighted by Crippen LogP contribution is -2.44. The highest BCUT2D eigenvalue weighted by molar-refractivity contribution is 5.27. The molecule has 1 heterocycles. The summed E-state index contributed by atoms with van der Waals surface area (Å²) in [7, 11) is 2.15. The number of rotatable bonds is 5. The summed E-state index contributed by atoms with van der Waals surface area (Å²) < 4.78 is 0. The fourth-order valence-electron chi connectivity index (χ4n) is 3.16. The Labute approximate surface area is 123 Å². The molecule has 1 atom stereocenters. The Morgan fingerprint density at radius 2 is 1.95 bits per heavy atom. The molecule has 1 aromatic carbocycles. The lowest BCUT2D eigenvalue weighted by atomic mass is 10.0. The number of hydrogen-bond acceptors (Lipinski definition) is 3. The molecule has 1 fully saturated rings. The van der Waals surface area contributed by atoms with E-state index < -0.39 is 0 Å². The maximum absolute atomic E-state index is 10.4. The van der Waals surface area contributed by atoms with E-state index in [1.165, 1.54) is 31.5 Å². The minimum absolute atomic E-state index is 0.384. The van der Waals surface area contributed by atoms with E-state index in [4.69, 9.17) is 0 Å². The molecule has 112 valence electrons. The first-order chi connectivity index (χ1) is 9.61. The van der Waals surface area contributed by atoms with Crippen LogP contribution in [-0.2, 0) is 0 Å². The van der Waals surface area contributed by atoms with Gasteiger partial charge in [0.1, 0.15) is 0 Å². The third-order valence-electron chi connectivity index (χ3n) is 4.64. The lowest BCUT2D eigenvalue weighted by molar-refractivity contribution is 0.0745. The number of likely N-dealkylation sites (tertiary alicyclic amines) is 1. The van der Waals surface area contributed by atoms with Gasteiger partial charge in [-0.3, -0.25) is 0 Å². The molecule has 20 heavy (non-hydrogen) atoms. The lowest BCUT2D eigenvalue weighted by Gasteiger charge is -2.37. The number of benzene rings is 1. The first kappa shape index (κ1) is 15.5. The van der Waals surface area contributed by atoms with E-state index in [1.807, 2.05) is 18.2 Å². The van der Waals surface area contributed by atoms with Crippen molar-refractivity contribution in [1.82, 2.24) is 9.80 Å². The van der Waals surface area contributed by atoms with Crippen molar-refractivity contribution < 1.29 is 5.11 Å². The van der Waals surface area contributed by atoms with Crippen LogP contribution < -0.4 is 0 Å². The number of piperidine rings is 1. The molecule has 0 bridgehead atoms. The molecule has 1 aromatic rings. The molecule has 1 aliphatic heterocycles. The molecule has 1 saturated heterocycles. The molecule has 0 amide bonds. The number of likely N-dealkylation sites (N-methyl/N-ethyl adjacent to an activating group) is 1. The van der Waals surface area contributed by atoms with Crippen molar-refractivity contribution in [3.05, 3.63) is 35.4 Å². The maximum Gasteiger partial charge on any atom is 0.0919 e. The molecule has 0 saturated carbocycles. The summed E-state index contributed by atoms with van der Waals surface area (Å²) >= 11 is 0. The van der Waals surface area contributed by atoms with Gasteiger partial charge in [0.2, 0.25) is 0 Å². The van der Waals surface area contributed by atoms with Crippen molar-refractivity contribution >= 4 is 0 Å². The number of hydrogen-bond donors (Lipinski definition) is 1. The van der Waals surface area contributed by atoms with Gasteiger partial charge in [-0.2, -0.15) is 0 Å². The second kappa shape index (κ2) is 7.21. The van der Waals surface area contributed by atoms with Crippen LogP contribution in [0.25, 0.3) is 0 Å². The first-order valence-corrected chi connectivity index (χ1v) is 7.78. The van der Waals surface area contributed by atoms with Crippen molar-refractivity contribution in [3.8, 4) is 0 Å². The third-order valence-corrected chi connectivity index (χ3v) is 4.64. The average Bonchev–Trinajstić information content (AvgIpc) is 2.47. The van der Waals surface area contributed by atoms with E-state index in [9.17, 15) is 5.11 Å². The van der Waals surface area contributed by atoms with Gasteiger partial charge >= 0.3 is 0 Å². The van der Waals surface area contributed by atoms with E-state index in [2.05, 4.69) is 36.8 Å². The number of aryl methyl sites for hydroxylation is 1. The van der Waals surface area contributed by atoms with Crippen LogP contribution in [0.3, 0.4) is 0 Å². The minimum atomic E-state index is -0.384.